The van der Waals surface area contributed by atoms with Gasteiger partial charge in [0.1, 0.15) is 0 Å². The van der Waals surface area contributed by atoms with Crippen molar-refractivity contribution in [3.63, 3.8) is 0 Å². The molecule has 0 aliphatic carbocycles. The number of hydrogen-bond donors (Lipinski definition) is 0. The molecule has 1 rings (SSSR count). The molecule has 0 aromatic heterocycles. The summed E-state index contributed by atoms with van der Waals surface area (Å²) in [4.78, 5) is 0. The van der Waals surface area contributed by atoms with Gasteiger partial charge in [-0.05, 0) is 12.8 Å². The molecule has 0 atom stereocenters. The third-order valence-corrected chi connectivity index (χ3v) is 1.41. The minimum atomic E-state index is 0. The van der Waals surface area contributed by atoms with Crippen molar-refractivity contribution in [3.05, 3.63) is 48.6 Å². The Hall–Kier alpha value is -1.04. The molecular formula is C16H34. The van der Waals surface area contributed by atoms with Crippen LogP contribution in [0.2, 0.25) is 0 Å². The normalized spacial score (nSPS) is 6.50. The van der Waals surface area contributed by atoms with Crippen molar-refractivity contribution >= 4 is 0 Å². The molecule has 0 heterocycles. The molecule has 16 heavy (non-hydrogen) atoms. The van der Waals surface area contributed by atoms with Gasteiger partial charge in [0, 0.05) is 0 Å². The summed E-state index contributed by atoms with van der Waals surface area (Å²) < 4.78 is 0. The summed E-state index contributed by atoms with van der Waals surface area (Å²) in [5.41, 5.74) is 1.32. The third kappa shape index (κ3) is 23.1. The van der Waals surface area contributed by atoms with Gasteiger partial charge in [-0.25, -0.2) is 0 Å². The third-order valence-electron chi connectivity index (χ3n) is 1.41. The standard InChI is InChI=1S/C7H8.C5H10.4CH4/c1-7-5-3-2-4-6-7;1-4-5(2)3;;;;/h2-6H,1H3;4-5H,1H2,2-3H3;4*1H4. The molecule has 0 heteroatoms. The molecule has 0 unspecified atom stereocenters. The minimum absolute atomic E-state index is 0. The summed E-state index contributed by atoms with van der Waals surface area (Å²) in [6.07, 6.45) is 1.92. The highest BCUT2D eigenvalue weighted by molar-refractivity contribution is 5.11. The van der Waals surface area contributed by atoms with Gasteiger partial charge in [-0.2, -0.15) is 0 Å². The van der Waals surface area contributed by atoms with Crippen LogP contribution in [0.4, 0.5) is 0 Å². The molecule has 98 valence electrons. The van der Waals surface area contributed by atoms with E-state index < -0.39 is 0 Å². The van der Waals surface area contributed by atoms with E-state index in [1.54, 1.807) is 0 Å². The second-order valence-electron chi connectivity index (χ2n) is 3.13. The van der Waals surface area contributed by atoms with Gasteiger partial charge in [0.15, 0.2) is 0 Å². The lowest BCUT2D eigenvalue weighted by atomic mass is 10.2. The summed E-state index contributed by atoms with van der Waals surface area (Å²) in [5.74, 6) is 0.648. The lowest BCUT2D eigenvalue weighted by Crippen LogP contribution is -1.71. The van der Waals surface area contributed by atoms with Gasteiger partial charge in [0.2, 0.25) is 0 Å². The van der Waals surface area contributed by atoms with E-state index in [1.807, 2.05) is 24.3 Å². The zero-order chi connectivity index (χ0) is 9.40. The van der Waals surface area contributed by atoms with Gasteiger partial charge in [0.05, 0.1) is 0 Å². The number of aryl methyl sites for hydroxylation is 1. The first kappa shape index (κ1) is 29.4. The molecule has 0 radical (unpaired) electrons. The van der Waals surface area contributed by atoms with Crippen LogP contribution in [0, 0.1) is 12.8 Å². The van der Waals surface area contributed by atoms with E-state index in [1.165, 1.54) is 5.56 Å². The Morgan fingerprint density at radius 3 is 1.38 bits per heavy atom. The summed E-state index contributed by atoms with van der Waals surface area (Å²) in [6, 6.07) is 10.3. The van der Waals surface area contributed by atoms with E-state index in [4.69, 9.17) is 0 Å². The molecule has 1 aromatic rings. The topological polar surface area (TPSA) is 0 Å². The van der Waals surface area contributed by atoms with Crippen molar-refractivity contribution in [3.8, 4) is 0 Å². The quantitative estimate of drug-likeness (QED) is 0.488. The molecule has 0 fully saturated rings. The van der Waals surface area contributed by atoms with Crippen molar-refractivity contribution in [2.45, 2.75) is 50.5 Å². The highest BCUT2D eigenvalue weighted by Gasteiger charge is 1.74. The second kappa shape index (κ2) is 19.5. The van der Waals surface area contributed by atoms with Crippen molar-refractivity contribution in [2.75, 3.05) is 0 Å². The van der Waals surface area contributed by atoms with E-state index in [0.717, 1.165) is 0 Å². The number of rotatable bonds is 1. The van der Waals surface area contributed by atoms with Crippen LogP contribution in [0.25, 0.3) is 0 Å². The maximum atomic E-state index is 3.56. The Bertz CT molecular complexity index is 197. The van der Waals surface area contributed by atoms with Crippen molar-refractivity contribution in [2.24, 2.45) is 5.92 Å². The lowest BCUT2D eigenvalue weighted by molar-refractivity contribution is 0.835. The van der Waals surface area contributed by atoms with Crippen LogP contribution in [0.3, 0.4) is 0 Å². The average Bonchev–Trinajstić information content (AvgIpc) is 2.07. The van der Waals surface area contributed by atoms with Gasteiger partial charge in [-0.15, -0.1) is 6.58 Å². The fourth-order valence-electron chi connectivity index (χ4n) is 0.534. The maximum absolute atomic E-state index is 3.56. The molecule has 0 amide bonds. The van der Waals surface area contributed by atoms with E-state index >= 15 is 0 Å². The summed E-state index contributed by atoms with van der Waals surface area (Å²) in [6.45, 7) is 9.85. The Morgan fingerprint density at radius 2 is 1.25 bits per heavy atom. The predicted octanol–water partition coefficient (Wildman–Crippen LogP) is 6.37. The Balaban J connectivity index is -0.0000000419. The van der Waals surface area contributed by atoms with Crippen LogP contribution in [0.1, 0.15) is 49.1 Å². The van der Waals surface area contributed by atoms with E-state index in [-0.39, 0.29) is 29.7 Å². The van der Waals surface area contributed by atoms with Crippen LogP contribution in [-0.4, -0.2) is 0 Å². The zero-order valence-corrected chi connectivity index (χ0v) is 8.25. The smallest absolute Gasteiger partial charge is 0.0293 e. The summed E-state index contributed by atoms with van der Waals surface area (Å²) in [7, 11) is 0. The molecular weight excluding hydrogens is 192 g/mol. The van der Waals surface area contributed by atoms with Gasteiger partial charge in [-0.1, -0.05) is 85.5 Å². The number of benzene rings is 1. The first-order valence-corrected chi connectivity index (χ1v) is 4.31. The Kier molecular flexibility index (Phi) is 35.9. The average molecular weight is 226 g/mol. The molecule has 0 spiro atoms. The molecule has 0 saturated heterocycles. The van der Waals surface area contributed by atoms with Crippen molar-refractivity contribution < 1.29 is 0 Å². The minimum Gasteiger partial charge on any atom is -0.103 e. The summed E-state index contributed by atoms with van der Waals surface area (Å²) in [5, 5.41) is 0. The SMILES string of the molecule is C.C.C.C.C=CC(C)C.Cc1ccccc1. The van der Waals surface area contributed by atoms with Crippen molar-refractivity contribution in [1.82, 2.24) is 0 Å². The van der Waals surface area contributed by atoms with E-state index in [9.17, 15) is 0 Å². The fraction of sp³-hybridized carbons (Fsp3) is 0.500. The molecule has 1 aromatic carbocycles. The van der Waals surface area contributed by atoms with Crippen LogP contribution in [0.5, 0.6) is 0 Å². The maximum Gasteiger partial charge on any atom is -0.0293 e. The Labute approximate surface area is 105 Å². The van der Waals surface area contributed by atoms with Gasteiger partial charge in [-0.3, -0.25) is 0 Å². The summed E-state index contributed by atoms with van der Waals surface area (Å²) >= 11 is 0. The van der Waals surface area contributed by atoms with Crippen LogP contribution in [-0.2, 0) is 0 Å². The molecule has 0 N–H and O–H groups in total. The van der Waals surface area contributed by atoms with Crippen LogP contribution >= 0.6 is 0 Å². The predicted molar refractivity (Wildman–Crippen MR) is 83.1 cm³/mol. The number of allylic oxidation sites excluding steroid dienone is 1. The Morgan fingerprint density at radius 1 is 0.938 bits per heavy atom. The van der Waals surface area contributed by atoms with E-state index in [0.29, 0.717) is 5.92 Å². The zero-order valence-electron chi connectivity index (χ0n) is 8.25. The molecule has 0 saturated carbocycles. The van der Waals surface area contributed by atoms with Crippen LogP contribution in [0.15, 0.2) is 43.0 Å². The highest BCUT2D eigenvalue weighted by atomic mass is 13.8. The lowest BCUT2D eigenvalue weighted by Gasteiger charge is -1.84. The first-order chi connectivity index (χ1) is 5.66. The van der Waals surface area contributed by atoms with E-state index in [2.05, 4.69) is 39.5 Å². The molecule has 0 bridgehead atoms. The van der Waals surface area contributed by atoms with Crippen LogP contribution < -0.4 is 0 Å². The second-order valence-corrected chi connectivity index (χ2v) is 3.13. The first-order valence-electron chi connectivity index (χ1n) is 4.31. The fourth-order valence-corrected chi connectivity index (χ4v) is 0.534. The largest absolute Gasteiger partial charge is 0.103 e. The van der Waals surface area contributed by atoms with Gasteiger partial charge < -0.3 is 0 Å². The van der Waals surface area contributed by atoms with Gasteiger partial charge in [0.25, 0.3) is 0 Å². The number of hydrogen-bond acceptors (Lipinski definition) is 0. The molecule has 0 aliphatic rings. The molecule has 0 nitrogen and oxygen atoms in total. The van der Waals surface area contributed by atoms with Gasteiger partial charge >= 0.3 is 0 Å². The van der Waals surface area contributed by atoms with Crippen molar-refractivity contribution in [1.29, 1.82) is 0 Å². The monoisotopic (exact) mass is 226 g/mol. The highest BCUT2D eigenvalue weighted by Crippen LogP contribution is 1.92. The molecule has 0 aliphatic heterocycles.